The molecule has 0 aliphatic rings. The van der Waals surface area contributed by atoms with E-state index in [1.807, 2.05) is 6.08 Å². The molecule has 0 N–H and O–H groups in total. The molecule has 1 atom stereocenters. The summed E-state index contributed by atoms with van der Waals surface area (Å²) in [5.74, 6) is -1.03. The first-order valence-electron chi connectivity index (χ1n) is 29.9. The highest BCUT2D eigenvalue weighted by Gasteiger charge is 2.19. The van der Waals surface area contributed by atoms with Gasteiger partial charge in [-0.1, -0.05) is 280 Å². The molecule has 0 aromatic carbocycles. The van der Waals surface area contributed by atoms with Gasteiger partial charge in [0.15, 0.2) is 6.10 Å². The van der Waals surface area contributed by atoms with Gasteiger partial charge in [0.25, 0.3) is 0 Å². The zero-order chi connectivity index (χ0) is 50.7. The van der Waals surface area contributed by atoms with Crippen molar-refractivity contribution in [1.82, 2.24) is 0 Å². The molecule has 0 aliphatic heterocycles. The molecule has 1 unspecified atom stereocenters. The fourth-order valence-corrected chi connectivity index (χ4v) is 8.51. The van der Waals surface area contributed by atoms with Crippen LogP contribution in [0.2, 0.25) is 0 Å². The topological polar surface area (TPSA) is 78.9 Å². The number of unbranched alkanes of at least 4 members (excludes halogenated alkanes) is 32. The van der Waals surface area contributed by atoms with Crippen molar-refractivity contribution in [2.75, 3.05) is 13.2 Å². The van der Waals surface area contributed by atoms with Crippen molar-refractivity contribution in [3.63, 3.8) is 0 Å². The molecule has 0 aliphatic carbocycles. The van der Waals surface area contributed by atoms with Gasteiger partial charge in [-0.05, 0) is 70.6 Å². The van der Waals surface area contributed by atoms with Crippen LogP contribution in [-0.4, -0.2) is 37.2 Å². The van der Waals surface area contributed by atoms with Crippen molar-refractivity contribution in [2.45, 2.75) is 303 Å². The number of allylic oxidation sites excluding steroid dienone is 11. The summed E-state index contributed by atoms with van der Waals surface area (Å²) in [6.07, 6.45) is 75.0. The van der Waals surface area contributed by atoms with Gasteiger partial charge in [0.2, 0.25) is 0 Å². The normalized spacial score (nSPS) is 12.6. The number of carbonyl (C=O) groups excluding carboxylic acids is 3. The Labute approximate surface area is 433 Å². The third kappa shape index (κ3) is 55.8. The first-order chi connectivity index (χ1) is 34.5. The molecule has 0 aromatic heterocycles. The van der Waals surface area contributed by atoms with E-state index in [9.17, 15) is 14.4 Å². The second kappa shape index (κ2) is 58.4. The summed E-state index contributed by atoms with van der Waals surface area (Å²) in [5, 5.41) is 0. The molecule has 404 valence electrons. The minimum atomic E-state index is -0.814. The van der Waals surface area contributed by atoms with Gasteiger partial charge in [-0.2, -0.15) is 0 Å². The maximum absolute atomic E-state index is 12.9. The highest BCUT2D eigenvalue weighted by atomic mass is 16.6. The Kier molecular flexibility index (Phi) is 55.8. The predicted octanol–water partition coefficient (Wildman–Crippen LogP) is 20.2. The van der Waals surface area contributed by atoms with Crippen LogP contribution in [0.15, 0.2) is 72.9 Å². The lowest BCUT2D eigenvalue weighted by Crippen LogP contribution is -2.30. The van der Waals surface area contributed by atoms with Crippen LogP contribution < -0.4 is 0 Å². The van der Waals surface area contributed by atoms with Gasteiger partial charge in [0, 0.05) is 12.8 Å². The summed E-state index contributed by atoms with van der Waals surface area (Å²) in [6, 6.07) is 0. The van der Waals surface area contributed by atoms with Crippen molar-refractivity contribution >= 4 is 17.9 Å². The van der Waals surface area contributed by atoms with Gasteiger partial charge in [-0.3, -0.25) is 14.4 Å². The van der Waals surface area contributed by atoms with Crippen LogP contribution in [0.4, 0.5) is 0 Å². The molecular weight excluding hydrogens is 865 g/mol. The van der Waals surface area contributed by atoms with Gasteiger partial charge >= 0.3 is 17.9 Å². The number of hydrogen-bond acceptors (Lipinski definition) is 6. The standard InChI is InChI=1S/C64H112O6/c1-4-7-10-13-16-19-22-25-28-30-31-32-33-34-37-39-42-45-48-51-54-57-63(66)69-60-61(59-68-62(65)56-53-50-47-44-41-38-35-27-24-21-18-15-12-9-6-3)70-64(67)58-55-52-49-46-43-40-36-29-26-23-20-17-14-11-8-5-2/h9,12,18,21,27,30-31,35,41,44,50,53,61H,4-8,10-11,13-17,19-20,22-26,28-29,32-34,36-40,42-43,45-49,51-52,54-60H2,1-3H3/b12-9-,21-18-,31-30-,35-27-,44-41-,53-50-. The van der Waals surface area contributed by atoms with Crippen molar-refractivity contribution in [3.05, 3.63) is 72.9 Å². The molecule has 0 radical (unpaired) electrons. The Morgan fingerprint density at radius 2 is 0.614 bits per heavy atom. The monoisotopic (exact) mass is 977 g/mol. The van der Waals surface area contributed by atoms with Crippen molar-refractivity contribution in [1.29, 1.82) is 0 Å². The van der Waals surface area contributed by atoms with Gasteiger partial charge in [0.05, 0.1) is 6.42 Å². The Morgan fingerprint density at radius 1 is 0.314 bits per heavy atom. The molecule has 0 bridgehead atoms. The molecule has 0 fully saturated rings. The first-order valence-corrected chi connectivity index (χ1v) is 29.9. The Balaban J connectivity index is 4.41. The summed E-state index contributed by atoms with van der Waals surface area (Å²) in [6.45, 7) is 6.47. The molecule has 0 saturated heterocycles. The predicted molar refractivity (Wildman–Crippen MR) is 302 cm³/mol. The van der Waals surface area contributed by atoms with Gasteiger partial charge in [-0.25, -0.2) is 0 Å². The largest absolute Gasteiger partial charge is 0.462 e. The molecule has 0 rings (SSSR count). The van der Waals surface area contributed by atoms with E-state index in [4.69, 9.17) is 14.2 Å². The van der Waals surface area contributed by atoms with E-state index in [1.54, 1.807) is 6.08 Å². The Bertz CT molecular complexity index is 1310. The van der Waals surface area contributed by atoms with Crippen molar-refractivity contribution < 1.29 is 28.6 Å². The van der Waals surface area contributed by atoms with Gasteiger partial charge in [0.1, 0.15) is 13.2 Å². The van der Waals surface area contributed by atoms with E-state index in [0.717, 1.165) is 70.6 Å². The average Bonchev–Trinajstić information content (AvgIpc) is 3.36. The highest BCUT2D eigenvalue weighted by molar-refractivity contribution is 5.72. The van der Waals surface area contributed by atoms with E-state index < -0.39 is 12.1 Å². The Morgan fingerprint density at radius 3 is 0.986 bits per heavy atom. The first kappa shape index (κ1) is 66.9. The minimum Gasteiger partial charge on any atom is -0.462 e. The molecule has 0 aromatic rings. The van der Waals surface area contributed by atoms with Crippen LogP contribution in [0.25, 0.3) is 0 Å². The molecule has 6 heteroatoms. The lowest BCUT2D eigenvalue weighted by atomic mass is 10.0. The van der Waals surface area contributed by atoms with Crippen LogP contribution in [0, 0.1) is 0 Å². The van der Waals surface area contributed by atoms with Gasteiger partial charge < -0.3 is 14.2 Å². The lowest BCUT2D eigenvalue weighted by molar-refractivity contribution is -0.166. The third-order valence-corrected chi connectivity index (χ3v) is 13.0. The number of carbonyl (C=O) groups is 3. The van der Waals surface area contributed by atoms with Crippen LogP contribution in [0.5, 0.6) is 0 Å². The third-order valence-electron chi connectivity index (χ3n) is 13.0. The van der Waals surface area contributed by atoms with Crippen molar-refractivity contribution in [2.24, 2.45) is 0 Å². The number of ether oxygens (including phenoxy) is 3. The maximum atomic E-state index is 12.9. The number of hydrogen-bond donors (Lipinski definition) is 0. The van der Waals surface area contributed by atoms with E-state index in [0.29, 0.717) is 12.8 Å². The molecule has 70 heavy (non-hydrogen) atoms. The number of esters is 3. The quantitative estimate of drug-likeness (QED) is 0.0261. The van der Waals surface area contributed by atoms with E-state index >= 15 is 0 Å². The zero-order valence-electron chi connectivity index (χ0n) is 46.3. The average molecular weight is 978 g/mol. The minimum absolute atomic E-state index is 0.104. The van der Waals surface area contributed by atoms with Crippen LogP contribution >= 0.6 is 0 Å². The summed E-state index contributed by atoms with van der Waals surface area (Å²) < 4.78 is 16.8. The second-order valence-corrected chi connectivity index (χ2v) is 19.9. The fourth-order valence-electron chi connectivity index (χ4n) is 8.51. The van der Waals surface area contributed by atoms with Crippen molar-refractivity contribution in [3.8, 4) is 0 Å². The maximum Gasteiger partial charge on any atom is 0.309 e. The molecular formula is C64H112O6. The SMILES string of the molecule is CC/C=C\C/C=C\C/C=C\C/C=C\C/C=C\CC(=O)OCC(COC(=O)CCCCCCCCCCC/C=C\CCCCCCCCCC)OC(=O)CCCCCCCCCCCCCCCCCC. The van der Waals surface area contributed by atoms with E-state index in [-0.39, 0.29) is 31.6 Å². The summed E-state index contributed by atoms with van der Waals surface area (Å²) >= 11 is 0. The van der Waals surface area contributed by atoms with Crippen LogP contribution in [0.1, 0.15) is 297 Å². The van der Waals surface area contributed by atoms with E-state index in [1.165, 1.54) is 186 Å². The fraction of sp³-hybridized carbons (Fsp3) is 0.766. The van der Waals surface area contributed by atoms with Crippen LogP contribution in [0.3, 0.4) is 0 Å². The van der Waals surface area contributed by atoms with Gasteiger partial charge in [-0.15, -0.1) is 0 Å². The second-order valence-electron chi connectivity index (χ2n) is 19.9. The van der Waals surface area contributed by atoms with Crippen LogP contribution in [-0.2, 0) is 28.6 Å². The molecule has 0 spiro atoms. The molecule has 0 heterocycles. The summed E-state index contributed by atoms with van der Waals surface area (Å²) in [4.78, 5) is 38.1. The lowest BCUT2D eigenvalue weighted by Gasteiger charge is -2.18. The number of rotatable bonds is 54. The molecule has 0 saturated carbocycles. The summed E-state index contributed by atoms with van der Waals surface area (Å²) in [5.41, 5.74) is 0. The highest BCUT2D eigenvalue weighted by Crippen LogP contribution is 2.16. The smallest absolute Gasteiger partial charge is 0.309 e. The Hall–Kier alpha value is -3.15. The molecule has 6 nitrogen and oxygen atoms in total. The summed E-state index contributed by atoms with van der Waals surface area (Å²) in [7, 11) is 0. The molecule has 0 amide bonds. The van der Waals surface area contributed by atoms with E-state index in [2.05, 4.69) is 81.5 Å². The zero-order valence-corrected chi connectivity index (χ0v) is 46.3.